The van der Waals surface area contributed by atoms with E-state index in [2.05, 4.69) is 28.6 Å². The van der Waals surface area contributed by atoms with Crippen molar-refractivity contribution in [2.45, 2.75) is 31.8 Å². The van der Waals surface area contributed by atoms with Gasteiger partial charge in [-0.05, 0) is 30.4 Å². The molecule has 128 valence electrons. The van der Waals surface area contributed by atoms with Crippen LogP contribution in [0.15, 0.2) is 36.7 Å². The lowest BCUT2D eigenvalue weighted by Gasteiger charge is -2.33. The lowest BCUT2D eigenvalue weighted by Crippen LogP contribution is -2.36. The maximum atomic E-state index is 12.6. The molecule has 1 aromatic heterocycles. The van der Waals surface area contributed by atoms with Gasteiger partial charge in [-0.1, -0.05) is 24.3 Å². The highest BCUT2D eigenvalue weighted by Crippen LogP contribution is 2.33. The molecular weight excluding hydrogens is 304 g/mol. The molecule has 0 aliphatic heterocycles. The Bertz CT molecular complexity index is 698. The number of aromatic nitrogens is 2. The van der Waals surface area contributed by atoms with Crippen molar-refractivity contribution in [3.63, 3.8) is 0 Å². The third-order valence-corrected chi connectivity index (χ3v) is 4.53. The molecule has 0 bridgehead atoms. The Hall–Kier alpha value is -2.34. The first kappa shape index (κ1) is 16.5. The Morgan fingerprint density at radius 1 is 1.46 bits per heavy atom. The number of nitrogens with one attached hydrogen (secondary N) is 1. The average Bonchev–Trinajstić information content (AvgIpc) is 3.06. The van der Waals surface area contributed by atoms with Crippen LogP contribution in [0.3, 0.4) is 0 Å². The third kappa shape index (κ3) is 3.59. The molecule has 1 aromatic carbocycles. The number of hydrogen-bond donors (Lipinski definition) is 1. The molecule has 0 saturated heterocycles. The van der Waals surface area contributed by atoms with Crippen LogP contribution in [0.25, 0.3) is 0 Å². The second kappa shape index (κ2) is 7.49. The minimum absolute atomic E-state index is 0.108. The molecule has 6 nitrogen and oxygen atoms in total. The number of methoxy groups -OCH3 is 1. The number of nitrogens with zero attached hydrogens (tertiary/aromatic N) is 3. The lowest BCUT2D eigenvalue weighted by atomic mass is 9.87. The van der Waals surface area contributed by atoms with Gasteiger partial charge < -0.3 is 15.0 Å². The molecule has 2 aromatic rings. The highest BCUT2D eigenvalue weighted by Gasteiger charge is 2.26. The monoisotopic (exact) mass is 328 g/mol. The Morgan fingerprint density at radius 3 is 3.12 bits per heavy atom. The summed E-state index contributed by atoms with van der Waals surface area (Å²) in [6.07, 6.45) is 6.67. The van der Waals surface area contributed by atoms with Crippen LogP contribution in [0.1, 0.15) is 30.0 Å². The molecule has 1 atom stereocenters. The quantitative estimate of drug-likeness (QED) is 0.917. The predicted molar refractivity (Wildman–Crippen MR) is 93.0 cm³/mol. The van der Waals surface area contributed by atoms with Crippen LogP contribution in [0.5, 0.6) is 0 Å². The zero-order chi connectivity index (χ0) is 16.9. The maximum Gasteiger partial charge on any atom is 0.322 e. The van der Waals surface area contributed by atoms with Gasteiger partial charge in [0.2, 0.25) is 0 Å². The summed E-state index contributed by atoms with van der Waals surface area (Å²) < 4.78 is 6.79. The number of carbonyl (C=O) groups is 1. The lowest BCUT2D eigenvalue weighted by molar-refractivity contribution is 0.183. The SMILES string of the molecule is COCCn1cc(NC(=O)N(C)[C@@H]2CCCc3ccccc32)cn1. The van der Waals surface area contributed by atoms with E-state index in [0.29, 0.717) is 18.8 Å². The Kier molecular flexibility index (Phi) is 5.15. The van der Waals surface area contributed by atoms with Crippen LogP contribution in [0, 0.1) is 0 Å². The Balaban J connectivity index is 1.66. The summed E-state index contributed by atoms with van der Waals surface area (Å²) in [5.74, 6) is 0. The predicted octanol–water partition coefficient (Wildman–Crippen LogP) is 3.07. The van der Waals surface area contributed by atoms with Crippen LogP contribution in [-0.2, 0) is 17.7 Å². The van der Waals surface area contributed by atoms with Crippen LogP contribution in [0.2, 0.25) is 0 Å². The highest BCUT2D eigenvalue weighted by atomic mass is 16.5. The summed E-state index contributed by atoms with van der Waals surface area (Å²) in [4.78, 5) is 14.4. The molecule has 24 heavy (non-hydrogen) atoms. The zero-order valence-corrected chi connectivity index (χ0v) is 14.2. The van der Waals surface area contributed by atoms with E-state index in [1.54, 1.807) is 22.9 Å². The van der Waals surface area contributed by atoms with Crippen molar-refractivity contribution in [3.05, 3.63) is 47.8 Å². The minimum Gasteiger partial charge on any atom is -0.383 e. The molecule has 2 amide bonds. The van der Waals surface area contributed by atoms with Crippen LogP contribution in [0.4, 0.5) is 10.5 Å². The molecule has 0 unspecified atom stereocenters. The molecular formula is C18H24N4O2. The van der Waals surface area contributed by atoms with Gasteiger partial charge in [0.25, 0.3) is 0 Å². The smallest absolute Gasteiger partial charge is 0.322 e. The number of anilines is 1. The van der Waals surface area contributed by atoms with Crippen molar-refractivity contribution in [1.82, 2.24) is 14.7 Å². The fourth-order valence-electron chi connectivity index (χ4n) is 3.22. The second-order valence-corrected chi connectivity index (χ2v) is 6.13. The molecule has 0 saturated carbocycles. The van der Waals surface area contributed by atoms with E-state index in [-0.39, 0.29) is 12.1 Å². The van der Waals surface area contributed by atoms with Crippen LogP contribution in [-0.4, -0.2) is 41.5 Å². The van der Waals surface area contributed by atoms with Gasteiger partial charge in [-0.15, -0.1) is 0 Å². The van der Waals surface area contributed by atoms with Gasteiger partial charge in [0.1, 0.15) is 0 Å². The largest absolute Gasteiger partial charge is 0.383 e. The number of hydrogen-bond acceptors (Lipinski definition) is 3. The van der Waals surface area contributed by atoms with Crippen molar-refractivity contribution in [1.29, 1.82) is 0 Å². The van der Waals surface area contributed by atoms with E-state index >= 15 is 0 Å². The number of amides is 2. The fourth-order valence-corrected chi connectivity index (χ4v) is 3.22. The molecule has 1 aliphatic rings. The van der Waals surface area contributed by atoms with E-state index in [9.17, 15) is 4.79 Å². The molecule has 0 radical (unpaired) electrons. The number of urea groups is 1. The molecule has 0 fully saturated rings. The summed E-state index contributed by atoms with van der Waals surface area (Å²) in [5.41, 5.74) is 3.31. The molecule has 1 heterocycles. The van der Waals surface area contributed by atoms with Gasteiger partial charge in [0, 0.05) is 20.4 Å². The molecule has 3 rings (SSSR count). The Morgan fingerprint density at radius 2 is 2.29 bits per heavy atom. The summed E-state index contributed by atoms with van der Waals surface area (Å²) >= 11 is 0. The molecule has 1 aliphatic carbocycles. The first-order chi connectivity index (χ1) is 11.7. The number of benzene rings is 1. The molecule has 6 heteroatoms. The second-order valence-electron chi connectivity index (χ2n) is 6.13. The summed E-state index contributed by atoms with van der Waals surface area (Å²) in [7, 11) is 3.51. The van der Waals surface area contributed by atoms with Gasteiger partial charge in [-0.3, -0.25) is 4.68 Å². The van der Waals surface area contributed by atoms with Gasteiger partial charge in [-0.2, -0.15) is 5.10 Å². The average molecular weight is 328 g/mol. The van der Waals surface area contributed by atoms with Crippen molar-refractivity contribution >= 4 is 11.7 Å². The fraction of sp³-hybridized carbons (Fsp3) is 0.444. The van der Waals surface area contributed by atoms with Crippen LogP contribution >= 0.6 is 0 Å². The maximum absolute atomic E-state index is 12.6. The minimum atomic E-state index is -0.108. The topological polar surface area (TPSA) is 59.4 Å². The van der Waals surface area contributed by atoms with E-state index in [0.717, 1.165) is 19.3 Å². The Labute approximate surface area is 142 Å². The summed E-state index contributed by atoms with van der Waals surface area (Å²) in [6, 6.07) is 8.42. The normalized spacial score (nSPS) is 16.5. The van der Waals surface area contributed by atoms with Crippen molar-refractivity contribution in [2.75, 3.05) is 26.1 Å². The summed E-state index contributed by atoms with van der Waals surface area (Å²) in [6.45, 7) is 1.26. The first-order valence-electron chi connectivity index (χ1n) is 8.32. The van der Waals surface area contributed by atoms with Gasteiger partial charge in [0.05, 0.1) is 31.1 Å². The van der Waals surface area contributed by atoms with E-state index in [4.69, 9.17) is 4.74 Å². The highest BCUT2D eigenvalue weighted by molar-refractivity contribution is 5.89. The summed E-state index contributed by atoms with van der Waals surface area (Å²) in [5, 5.41) is 7.15. The molecule has 1 N–H and O–H groups in total. The number of rotatable bonds is 5. The van der Waals surface area contributed by atoms with Crippen molar-refractivity contribution < 1.29 is 9.53 Å². The standard InChI is InChI=1S/C18H24N4O2/c1-21(17-9-5-7-14-6-3-4-8-16(14)17)18(23)20-15-12-19-22(13-15)10-11-24-2/h3-4,6,8,12-13,17H,5,7,9-11H2,1-2H3,(H,20,23)/t17-/m1/s1. The number of ether oxygens (including phenoxy) is 1. The number of carbonyl (C=O) groups excluding carboxylic acids is 1. The molecule has 0 spiro atoms. The van der Waals surface area contributed by atoms with Gasteiger partial charge in [-0.25, -0.2) is 4.79 Å². The third-order valence-electron chi connectivity index (χ3n) is 4.53. The van der Waals surface area contributed by atoms with Crippen LogP contribution < -0.4 is 5.32 Å². The number of fused-ring (bicyclic) bond motifs is 1. The van der Waals surface area contributed by atoms with Crippen molar-refractivity contribution in [2.24, 2.45) is 0 Å². The first-order valence-corrected chi connectivity index (χ1v) is 8.32. The van der Waals surface area contributed by atoms with Crippen molar-refractivity contribution in [3.8, 4) is 0 Å². The van der Waals surface area contributed by atoms with E-state index < -0.39 is 0 Å². The number of aryl methyl sites for hydroxylation is 1. The van der Waals surface area contributed by atoms with Gasteiger partial charge in [0.15, 0.2) is 0 Å². The van der Waals surface area contributed by atoms with E-state index in [1.165, 1.54) is 11.1 Å². The van der Waals surface area contributed by atoms with Gasteiger partial charge >= 0.3 is 6.03 Å². The van der Waals surface area contributed by atoms with E-state index in [1.807, 2.05) is 19.3 Å². The zero-order valence-electron chi connectivity index (χ0n) is 14.2.